The molecule has 2 saturated carbocycles. The molecule has 2 fully saturated rings. The van der Waals surface area contributed by atoms with Crippen LogP contribution in [0.1, 0.15) is 80.1 Å². The largest absolute Gasteiger partial charge is 0.462 e. The average Bonchev–Trinajstić information content (AvgIpc) is 2.92. The highest BCUT2D eigenvalue weighted by molar-refractivity contribution is 5.79. The number of fused-ring (bicyclic) bond motifs is 3. The zero-order valence-corrected chi connectivity index (χ0v) is 17.7. The highest BCUT2D eigenvalue weighted by Gasteiger charge is 2.63. The SMILES string of the molecule is CCC(C)OC(=O)[C@]12CC[C@@]3(C)CC=C(C)C=C[C@H]3[C@@H]1CC[C@@H]2C(C)C. The van der Waals surface area contributed by atoms with E-state index in [1.807, 2.05) is 6.92 Å². The van der Waals surface area contributed by atoms with Crippen LogP contribution in [-0.2, 0) is 9.53 Å². The molecule has 0 aliphatic heterocycles. The molecular weight excluding hydrogens is 320 g/mol. The summed E-state index contributed by atoms with van der Waals surface area (Å²) in [5, 5.41) is 0. The second kappa shape index (κ2) is 7.17. The molecule has 0 aromatic carbocycles. The maximum Gasteiger partial charge on any atom is 0.312 e. The van der Waals surface area contributed by atoms with Crippen molar-refractivity contribution in [2.45, 2.75) is 86.2 Å². The van der Waals surface area contributed by atoms with Gasteiger partial charge >= 0.3 is 5.97 Å². The summed E-state index contributed by atoms with van der Waals surface area (Å²) >= 11 is 0. The summed E-state index contributed by atoms with van der Waals surface area (Å²) in [6.45, 7) is 13.4. The van der Waals surface area contributed by atoms with Crippen molar-refractivity contribution < 1.29 is 9.53 Å². The molecule has 0 aromatic rings. The number of ether oxygens (including phenoxy) is 1. The monoisotopic (exact) mass is 358 g/mol. The van der Waals surface area contributed by atoms with Crippen molar-refractivity contribution in [3.8, 4) is 0 Å². The molecule has 2 heteroatoms. The Balaban J connectivity index is 2.01. The second-order valence-electron chi connectivity index (χ2n) is 9.89. The second-order valence-corrected chi connectivity index (χ2v) is 9.89. The number of carbonyl (C=O) groups is 1. The number of carbonyl (C=O) groups excluding carboxylic acids is 1. The van der Waals surface area contributed by atoms with Crippen molar-refractivity contribution in [3.05, 3.63) is 23.8 Å². The molecule has 2 nitrogen and oxygen atoms in total. The number of hydrogen-bond acceptors (Lipinski definition) is 2. The first-order chi connectivity index (χ1) is 12.2. The third-order valence-electron chi connectivity index (χ3n) is 7.98. The van der Waals surface area contributed by atoms with E-state index in [1.165, 1.54) is 18.4 Å². The van der Waals surface area contributed by atoms with Gasteiger partial charge < -0.3 is 4.74 Å². The molecule has 0 N–H and O–H groups in total. The Bertz CT molecular complexity index is 601. The zero-order valence-electron chi connectivity index (χ0n) is 17.7. The lowest BCUT2D eigenvalue weighted by molar-refractivity contribution is -0.176. The number of hydrogen-bond donors (Lipinski definition) is 0. The van der Waals surface area contributed by atoms with E-state index in [9.17, 15) is 4.79 Å². The molecule has 3 aliphatic rings. The van der Waals surface area contributed by atoms with E-state index in [0.717, 1.165) is 25.7 Å². The van der Waals surface area contributed by atoms with Gasteiger partial charge in [0.05, 0.1) is 11.5 Å². The molecule has 3 aliphatic carbocycles. The summed E-state index contributed by atoms with van der Waals surface area (Å²) in [6, 6.07) is 0. The first kappa shape index (κ1) is 19.7. The van der Waals surface area contributed by atoms with E-state index < -0.39 is 0 Å². The van der Waals surface area contributed by atoms with Crippen molar-refractivity contribution in [3.63, 3.8) is 0 Å². The van der Waals surface area contributed by atoms with Crippen LogP contribution in [-0.4, -0.2) is 12.1 Å². The van der Waals surface area contributed by atoms with Crippen LogP contribution in [0.25, 0.3) is 0 Å². The average molecular weight is 359 g/mol. The molecule has 0 saturated heterocycles. The lowest BCUT2D eigenvalue weighted by Crippen LogP contribution is -2.53. The van der Waals surface area contributed by atoms with E-state index >= 15 is 0 Å². The lowest BCUT2D eigenvalue weighted by Gasteiger charge is -2.53. The highest BCUT2D eigenvalue weighted by Crippen LogP contribution is 2.65. The maximum atomic E-state index is 13.6. The van der Waals surface area contributed by atoms with Gasteiger partial charge in [-0.15, -0.1) is 0 Å². The van der Waals surface area contributed by atoms with Crippen LogP contribution in [0.2, 0.25) is 0 Å². The Labute approximate surface area is 160 Å². The summed E-state index contributed by atoms with van der Waals surface area (Å²) in [5.74, 6) is 2.01. The van der Waals surface area contributed by atoms with Crippen molar-refractivity contribution in [1.82, 2.24) is 0 Å². The van der Waals surface area contributed by atoms with Crippen LogP contribution < -0.4 is 0 Å². The summed E-state index contributed by atoms with van der Waals surface area (Å²) in [5.41, 5.74) is 1.38. The summed E-state index contributed by atoms with van der Waals surface area (Å²) in [7, 11) is 0. The van der Waals surface area contributed by atoms with Crippen LogP contribution >= 0.6 is 0 Å². The Morgan fingerprint density at radius 1 is 1.27 bits per heavy atom. The third kappa shape index (κ3) is 3.08. The van der Waals surface area contributed by atoms with Gasteiger partial charge in [0.2, 0.25) is 0 Å². The standard InChI is InChI=1S/C24H38O2/c1-7-18(5)26-22(25)24-15-14-23(6)13-12-17(4)8-9-20(23)21(24)11-10-19(24)16(2)3/h8-9,12,16,18-21H,7,10-11,13-15H2,1-6H3/t18?,19-,20+,21+,23-,24+/m1/s1. The molecule has 146 valence electrons. The highest BCUT2D eigenvalue weighted by atomic mass is 16.5. The van der Waals surface area contributed by atoms with Crippen LogP contribution in [0.3, 0.4) is 0 Å². The lowest BCUT2D eigenvalue weighted by atomic mass is 9.50. The molecule has 26 heavy (non-hydrogen) atoms. The Morgan fingerprint density at radius 2 is 2.00 bits per heavy atom. The molecule has 6 atom stereocenters. The van der Waals surface area contributed by atoms with Gasteiger partial charge in [-0.1, -0.05) is 51.5 Å². The number of allylic oxidation sites excluding steroid dienone is 4. The summed E-state index contributed by atoms with van der Waals surface area (Å²) in [4.78, 5) is 13.6. The topological polar surface area (TPSA) is 26.3 Å². The molecule has 0 amide bonds. The molecule has 0 bridgehead atoms. The van der Waals surface area contributed by atoms with Crippen molar-refractivity contribution in [2.75, 3.05) is 0 Å². The van der Waals surface area contributed by atoms with Crippen molar-refractivity contribution in [2.24, 2.45) is 34.5 Å². The Hall–Kier alpha value is -1.05. The van der Waals surface area contributed by atoms with E-state index in [2.05, 4.69) is 52.8 Å². The van der Waals surface area contributed by atoms with Gasteiger partial charge in [-0.25, -0.2) is 0 Å². The molecule has 0 heterocycles. The molecule has 0 radical (unpaired) electrons. The summed E-state index contributed by atoms with van der Waals surface area (Å²) in [6.07, 6.45) is 13.7. The predicted octanol–water partition coefficient (Wildman–Crippen LogP) is 6.32. The smallest absolute Gasteiger partial charge is 0.312 e. The van der Waals surface area contributed by atoms with Gasteiger partial charge in [0.15, 0.2) is 0 Å². The third-order valence-corrected chi connectivity index (χ3v) is 7.98. The van der Waals surface area contributed by atoms with Gasteiger partial charge in [-0.3, -0.25) is 4.79 Å². The Morgan fingerprint density at radius 3 is 2.65 bits per heavy atom. The van der Waals surface area contributed by atoms with Crippen molar-refractivity contribution >= 4 is 5.97 Å². The minimum absolute atomic E-state index is 0.0211. The minimum atomic E-state index is -0.273. The first-order valence-electron chi connectivity index (χ1n) is 10.8. The normalized spacial score (nSPS) is 40.4. The molecule has 0 spiro atoms. The zero-order chi connectivity index (χ0) is 19.1. The van der Waals surface area contributed by atoms with E-state index in [-0.39, 0.29) is 22.9 Å². The first-order valence-corrected chi connectivity index (χ1v) is 10.8. The quantitative estimate of drug-likeness (QED) is 0.550. The molecular formula is C24H38O2. The number of rotatable bonds is 4. The fourth-order valence-electron chi connectivity index (χ4n) is 6.20. The van der Waals surface area contributed by atoms with Crippen molar-refractivity contribution in [1.29, 1.82) is 0 Å². The van der Waals surface area contributed by atoms with E-state index in [1.54, 1.807) is 0 Å². The van der Waals surface area contributed by atoms with Gasteiger partial charge in [0, 0.05) is 0 Å². The molecule has 0 aromatic heterocycles. The maximum absolute atomic E-state index is 13.6. The minimum Gasteiger partial charge on any atom is -0.462 e. The molecule has 3 rings (SSSR count). The van der Waals surface area contributed by atoms with Crippen LogP contribution in [0.4, 0.5) is 0 Å². The van der Waals surface area contributed by atoms with Gasteiger partial charge in [-0.2, -0.15) is 0 Å². The van der Waals surface area contributed by atoms with Crippen LogP contribution in [0.15, 0.2) is 23.8 Å². The van der Waals surface area contributed by atoms with E-state index in [0.29, 0.717) is 23.7 Å². The summed E-state index contributed by atoms with van der Waals surface area (Å²) < 4.78 is 6.01. The van der Waals surface area contributed by atoms with Gasteiger partial charge in [0.25, 0.3) is 0 Å². The molecule has 1 unspecified atom stereocenters. The van der Waals surface area contributed by atoms with E-state index in [4.69, 9.17) is 4.74 Å². The van der Waals surface area contributed by atoms with Crippen LogP contribution in [0, 0.1) is 34.5 Å². The van der Waals surface area contributed by atoms with Gasteiger partial charge in [0.1, 0.15) is 0 Å². The fourth-order valence-corrected chi connectivity index (χ4v) is 6.20. The Kier molecular flexibility index (Phi) is 5.43. The fraction of sp³-hybridized carbons (Fsp3) is 0.792. The predicted molar refractivity (Wildman–Crippen MR) is 108 cm³/mol. The van der Waals surface area contributed by atoms with Crippen LogP contribution in [0.5, 0.6) is 0 Å². The van der Waals surface area contributed by atoms with Gasteiger partial charge in [-0.05, 0) is 81.5 Å². The number of esters is 1.